The van der Waals surface area contributed by atoms with Gasteiger partial charge < -0.3 is 10.6 Å². The molecule has 0 saturated heterocycles. The number of carbonyl (C=O) groups is 2. The van der Waals surface area contributed by atoms with E-state index >= 15 is 0 Å². The van der Waals surface area contributed by atoms with Crippen LogP contribution in [0.2, 0.25) is 0 Å². The minimum atomic E-state index is -0.00207. The quantitative estimate of drug-likeness (QED) is 0.713. The molecule has 132 valence electrons. The minimum Gasteiger partial charge on any atom is -0.338 e. The second kappa shape index (κ2) is 9.74. The van der Waals surface area contributed by atoms with Crippen molar-refractivity contribution in [2.75, 3.05) is 13.1 Å². The van der Waals surface area contributed by atoms with Crippen LogP contribution in [0.1, 0.15) is 40.7 Å². The number of aryl methyl sites for hydroxylation is 1. The van der Waals surface area contributed by atoms with Crippen LogP contribution in [0.25, 0.3) is 0 Å². The summed E-state index contributed by atoms with van der Waals surface area (Å²) in [7, 11) is 0. The molecule has 2 N–H and O–H groups in total. The van der Waals surface area contributed by atoms with Crippen LogP contribution in [0.5, 0.6) is 0 Å². The Kier molecular flexibility index (Phi) is 7.36. The first-order valence-electron chi connectivity index (χ1n) is 8.72. The van der Waals surface area contributed by atoms with Crippen molar-refractivity contribution in [3.05, 3.63) is 71.3 Å². The summed E-state index contributed by atoms with van der Waals surface area (Å²) in [5.41, 5.74) is 8.45. The largest absolute Gasteiger partial charge is 0.338 e. The first kappa shape index (κ1) is 18.9. The van der Waals surface area contributed by atoms with E-state index in [0.29, 0.717) is 25.2 Å². The molecule has 0 fully saturated rings. The molecule has 0 aliphatic carbocycles. The summed E-state index contributed by atoms with van der Waals surface area (Å²) in [6, 6.07) is 17.3. The Labute approximate surface area is 149 Å². The van der Waals surface area contributed by atoms with E-state index in [1.54, 1.807) is 4.90 Å². The van der Waals surface area contributed by atoms with Gasteiger partial charge in [-0.2, -0.15) is 0 Å². The average molecular weight is 338 g/mol. The number of benzene rings is 2. The van der Waals surface area contributed by atoms with Gasteiger partial charge in [-0.15, -0.1) is 0 Å². The van der Waals surface area contributed by atoms with Crippen molar-refractivity contribution in [3.63, 3.8) is 0 Å². The minimum absolute atomic E-state index is 0.00207. The van der Waals surface area contributed by atoms with E-state index in [2.05, 4.69) is 0 Å². The third kappa shape index (κ3) is 6.16. The van der Waals surface area contributed by atoms with Gasteiger partial charge in [-0.05, 0) is 25.5 Å². The number of hydrogen-bond acceptors (Lipinski definition) is 3. The molecule has 25 heavy (non-hydrogen) atoms. The highest BCUT2D eigenvalue weighted by Crippen LogP contribution is 2.11. The molecular formula is C21H26N2O2. The molecule has 0 heterocycles. The molecule has 0 aliphatic rings. The van der Waals surface area contributed by atoms with Crippen molar-refractivity contribution >= 4 is 11.7 Å². The SMILES string of the molecule is Cc1ccc(C(=O)CCC(=O)N(CCCN)Cc2ccccc2)cc1. The lowest BCUT2D eigenvalue weighted by Gasteiger charge is -2.22. The van der Waals surface area contributed by atoms with Gasteiger partial charge in [0.15, 0.2) is 5.78 Å². The maximum absolute atomic E-state index is 12.6. The number of amides is 1. The van der Waals surface area contributed by atoms with Gasteiger partial charge in [0.05, 0.1) is 0 Å². The Balaban J connectivity index is 1.93. The van der Waals surface area contributed by atoms with Crippen LogP contribution in [-0.2, 0) is 11.3 Å². The number of rotatable bonds is 9. The Morgan fingerprint density at radius 2 is 1.64 bits per heavy atom. The number of ketones is 1. The van der Waals surface area contributed by atoms with E-state index in [9.17, 15) is 9.59 Å². The summed E-state index contributed by atoms with van der Waals surface area (Å²) in [5.74, 6) is 0.00426. The summed E-state index contributed by atoms with van der Waals surface area (Å²) >= 11 is 0. The standard InChI is InChI=1S/C21H26N2O2/c1-17-8-10-19(11-9-17)20(24)12-13-21(25)23(15-5-14-22)16-18-6-3-2-4-7-18/h2-4,6-11H,5,12-16,22H2,1H3. The van der Waals surface area contributed by atoms with Crippen LogP contribution in [0, 0.1) is 6.92 Å². The van der Waals surface area contributed by atoms with Crippen LogP contribution in [0.15, 0.2) is 54.6 Å². The lowest BCUT2D eigenvalue weighted by molar-refractivity contribution is -0.131. The van der Waals surface area contributed by atoms with Gasteiger partial charge in [0.2, 0.25) is 5.91 Å². The predicted molar refractivity (Wildman–Crippen MR) is 100 cm³/mol. The summed E-state index contributed by atoms with van der Waals surface area (Å²) in [6.45, 7) is 3.69. The highest BCUT2D eigenvalue weighted by atomic mass is 16.2. The maximum Gasteiger partial charge on any atom is 0.223 e. The van der Waals surface area contributed by atoms with Crippen LogP contribution >= 0.6 is 0 Å². The molecule has 0 aliphatic heterocycles. The first-order chi connectivity index (χ1) is 12.1. The fourth-order valence-corrected chi connectivity index (χ4v) is 2.64. The summed E-state index contributed by atoms with van der Waals surface area (Å²) in [6.07, 6.45) is 1.21. The number of nitrogens with zero attached hydrogens (tertiary/aromatic N) is 1. The predicted octanol–water partition coefficient (Wildman–Crippen LogP) is 3.34. The number of carbonyl (C=O) groups excluding carboxylic acids is 2. The van der Waals surface area contributed by atoms with Crippen molar-refractivity contribution in [1.82, 2.24) is 4.90 Å². The molecule has 0 bridgehead atoms. The Bertz CT molecular complexity index is 681. The van der Waals surface area contributed by atoms with E-state index in [1.165, 1.54) is 0 Å². The fraction of sp³-hybridized carbons (Fsp3) is 0.333. The van der Waals surface area contributed by atoms with Gasteiger partial charge in [-0.1, -0.05) is 60.2 Å². The van der Waals surface area contributed by atoms with E-state index in [4.69, 9.17) is 5.73 Å². The first-order valence-corrected chi connectivity index (χ1v) is 8.72. The fourth-order valence-electron chi connectivity index (χ4n) is 2.64. The van der Waals surface area contributed by atoms with E-state index < -0.39 is 0 Å². The van der Waals surface area contributed by atoms with Gasteiger partial charge in [0.25, 0.3) is 0 Å². The van der Waals surface area contributed by atoms with Crippen LogP contribution in [0.3, 0.4) is 0 Å². The zero-order valence-corrected chi connectivity index (χ0v) is 14.8. The molecule has 4 nitrogen and oxygen atoms in total. The molecule has 1 amide bonds. The van der Waals surface area contributed by atoms with Crippen LogP contribution in [0.4, 0.5) is 0 Å². The lowest BCUT2D eigenvalue weighted by atomic mass is 10.0. The number of Topliss-reactive ketones (excluding diaryl/α,β-unsaturated/α-hetero) is 1. The van der Waals surface area contributed by atoms with Gasteiger partial charge in [0, 0.05) is 31.5 Å². The Morgan fingerprint density at radius 1 is 0.960 bits per heavy atom. The van der Waals surface area contributed by atoms with Crippen molar-refractivity contribution in [2.45, 2.75) is 32.7 Å². The van der Waals surface area contributed by atoms with Crippen molar-refractivity contribution in [2.24, 2.45) is 5.73 Å². The van der Waals surface area contributed by atoms with E-state index in [1.807, 2.05) is 61.5 Å². The molecule has 0 radical (unpaired) electrons. The van der Waals surface area contributed by atoms with Crippen LogP contribution < -0.4 is 5.73 Å². The summed E-state index contributed by atoms with van der Waals surface area (Å²) in [5, 5.41) is 0. The lowest BCUT2D eigenvalue weighted by Crippen LogP contribution is -2.32. The van der Waals surface area contributed by atoms with Gasteiger partial charge in [-0.25, -0.2) is 0 Å². The molecule has 0 unspecified atom stereocenters. The maximum atomic E-state index is 12.6. The second-order valence-corrected chi connectivity index (χ2v) is 6.23. The van der Waals surface area contributed by atoms with Gasteiger partial charge in [-0.3, -0.25) is 9.59 Å². The van der Waals surface area contributed by atoms with E-state index in [-0.39, 0.29) is 24.5 Å². The second-order valence-electron chi connectivity index (χ2n) is 6.23. The average Bonchev–Trinajstić information content (AvgIpc) is 2.64. The summed E-state index contributed by atoms with van der Waals surface area (Å²) in [4.78, 5) is 26.6. The highest BCUT2D eigenvalue weighted by molar-refractivity contribution is 5.97. The van der Waals surface area contributed by atoms with Crippen LogP contribution in [-0.4, -0.2) is 29.7 Å². The monoisotopic (exact) mass is 338 g/mol. The van der Waals surface area contributed by atoms with Gasteiger partial charge in [0.1, 0.15) is 0 Å². The van der Waals surface area contributed by atoms with Crippen molar-refractivity contribution in [1.29, 1.82) is 0 Å². The third-order valence-corrected chi connectivity index (χ3v) is 4.14. The van der Waals surface area contributed by atoms with E-state index in [0.717, 1.165) is 17.5 Å². The molecule has 4 heteroatoms. The smallest absolute Gasteiger partial charge is 0.223 e. The molecule has 0 saturated carbocycles. The highest BCUT2D eigenvalue weighted by Gasteiger charge is 2.16. The topological polar surface area (TPSA) is 63.4 Å². The third-order valence-electron chi connectivity index (χ3n) is 4.14. The molecule has 0 atom stereocenters. The zero-order chi connectivity index (χ0) is 18.1. The molecule has 2 aromatic rings. The number of hydrogen-bond donors (Lipinski definition) is 1. The Morgan fingerprint density at radius 3 is 2.28 bits per heavy atom. The summed E-state index contributed by atoms with van der Waals surface area (Å²) < 4.78 is 0. The molecule has 0 aromatic heterocycles. The van der Waals surface area contributed by atoms with Crippen molar-refractivity contribution in [3.8, 4) is 0 Å². The van der Waals surface area contributed by atoms with Gasteiger partial charge >= 0.3 is 0 Å². The molecule has 2 aromatic carbocycles. The zero-order valence-electron chi connectivity index (χ0n) is 14.8. The Hall–Kier alpha value is -2.46. The number of nitrogens with two attached hydrogens (primary N) is 1. The molecule has 2 rings (SSSR count). The molecular weight excluding hydrogens is 312 g/mol. The normalized spacial score (nSPS) is 10.5. The molecule has 0 spiro atoms. The van der Waals surface area contributed by atoms with Crippen molar-refractivity contribution < 1.29 is 9.59 Å².